The van der Waals surface area contributed by atoms with Gasteiger partial charge in [0.05, 0.1) is 12.2 Å². The zero-order chi connectivity index (χ0) is 12.9. The van der Waals surface area contributed by atoms with Crippen molar-refractivity contribution in [3.05, 3.63) is 17.7 Å². The van der Waals surface area contributed by atoms with Crippen LogP contribution in [0, 0.1) is 0 Å². The Labute approximate surface area is 98.0 Å². The standard InChI is InChI=1S/C11H15F3N2O/c1-3-5-17-10-7-8(11(12,13)14)6-9(16-10)15-4-2/h6-7H,3-5H2,1-2H3,(H,15,16). The van der Waals surface area contributed by atoms with Crippen molar-refractivity contribution in [1.29, 1.82) is 0 Å². The first kappa shape index (κ1) is 13.6. The van der Waals surface area contributed by atoms with Crippen molar-refractivity contribution in [1.82, 2.24) is 4.98 Å². The average molecular weight is 248 g/mol. The maximum absolute atomic E-state index is 12.6. The van der Waals surface area contributed by atoms with Gasteiger partial charge in [0.2, 0.25) is 5.88 Å². The fourth-order valence-electron chi connectivity index (χ4n) is 1.22. The molecular weight excluding hydrogens is 233 g/mol. The Morgan fingerprint density at radius 1 is 1.29 bits per heavy atom. The summed E-state index contributed by atoms with van der Waals surface area (Å²) in [7, 11) is 0. The fraction of sp³-hybridized carbons (Fsp3) is 0.545. The van der Waals surface area contributed by atoms with Gasteiger partial charge in [-0.3, -0.25) is 0 Å². The molecule has 0 amide bonds. The topological polar surface area (TPSA) is 34.1 Å². The Kier molecular flexibility index (Phi) is 4.60. The molecule has 0 spiro atoms. The van der Waals surface area contributed by atoms with Crippen molar-refractivity contribution >= 4 is 5.82 Å². The third-order valence-corrected chi connectivity index (χ3v) is 1.94. The number of hydrogen-bond donors (Lipinski definition) is 1. The molecule has 1 aromatic heterocycles. The molecule has 1 aromatic rings. The van der Waals surface area contributed by atoms with Gasteiger partial charge >= 0.3 is 6.18 Å². The molecule has 1 heterocycles. The van der Waals surface area contributed by atoms with Gasteiger partial charge in [0.1, 0.15) is 5.82 Å². The first-order chi connectivity index (χ1) is 7.97. The summed E-state index contributed by atoms with van der Waals surface area (Å²) in [5.41, 5.74) is -0.755. The van der Waals surface area contributed by atoms with Crippen molar-refractivity contribution in [2.75, 3.05) is 18.5 Å². The molecule has 0 aromatic carbocycles. The molecule has 0 unspecified atom stereocenters. The lowest BCUT2D eigenvalue weighted by Gasteiger charge is -2.12. The highest BCUT2D eigenvalue weighted by molar-refractivity contribution is 5.42. The van der Waals surface area contributed by atoms with E-state index in [-0.39, 0.29) is 11.7 Å². The van der Waals surface area contributed by atoms with E-state index < -0.39 is 11.7 Å². The normalized spacial score (nSPS) is 11.4. The maximum Gasteiger partial charge on any atom is 0.416 e. The molecule has 0 radical (unpaired) electrons. The van der Waals surface area contributed by atoms with E-state index in [1.807, 2.05) is 6.92 Å². The molecular formula is C11H15F3N2O. The van der Waals surface area contributed by atoms with Crippen molar-refractivity contribution in [2.45, 2.75) is 26.4 Å². The van der Waals surface area contributed by atoms with Crippen molar-refractivity contribution in [3.63, 3.8) is 0 Å². The van der Waals surface area contributed by atoms with E-state index in [9.17, 15) is 13.2 Å². The van der Waals surface area contributed by atoms with Crippen molar-refractivity contribution in [3.8, 4) is 5.88 Å². The van der Waals surface area contributed by atoms with Gasteiger partial charge < -0.3 is 10.1 Å². The molecule has 96 valence electrons. The lowest BCUT2D eigenvalue weighted by atomic mass is 10.2. The number of ether oxygens (including phenoxy) is 1. The Morgan fingerprint density at radius 2 is 2.00 bits per heavy atom. The number of halogens is 3. The monoisotopic (exact) mass is 248 g/mol. The van der Waals surface area contributed by atoms with Gasteiger partial charge in [-0.05, 0) is 19.4 Å². The van der Waals surface area contributed by atoms with Crippen LogP contribution in [0.25, 0.3) is 0 Å². The van der Waals surface area contributed by atoms with E-state index >= 15 is 0 Å². The molecule has 0 aliphatic carbocycles. The van der Waals surface area contributed by atoms with E-state index in [0.717, 1.165) is 12.1 Å². The van der Waals surface area contributed by atoms with E-state index in [4.69, 9.17) is 4.74 Å². The Bertz CT molecular complexity index is 366. The van der Waals surface area contributed by atoms with Gasteiger partial charge in [0, 0.05) is 12.6 Å². The molecule has 0 saturated carbocycles. The Balaban J connectivity index is 3.01. The summed E-state index contributed by atoms with van der Waals surface area (Å²) in [6.07, 6.45) is -3.67. The largest absolute Gasteiger partial charge is 0.478 e. The highest BCUT2D eigenvalue weighted by atomic mass is 19.4. The molecule has 0 atom stereocenters. The number of nitrogens with zero attached hydrogens (tertiary/aromatic N) is 1. The van der Waals surface area contributed by atoms with Gasteiger partial charge in [0.25, 0.3) is 0 Å². The van der Waals surface area contributed by atoms with Crippen LogP contribution in [0.15, 0.2) is 12.1 Å². The lowest BCUT2D eigenvalue weighted by Crippen LogP contribution is -2.09. The molecule has 0 aliphatic heterocycles. The van der Waals surface area contributed by atoms with Crippen LogP contribution in [0.2, 0.25) is 0 Å². The number of hydrogen-bond acceptors (Lipinski definition) is 3. The highest BCUT2D eigenvalue weighted by Gasteiger charge is 2.31. The van der Waals surface area contributed by atoms with Crippen LogP contribution in [0.5, 0.6) is 5.88 Å². The molecule has 1 N–H and O–H groups in total. The molecule has 0 saturated heterocycles. The summed E-state index contributed by atoms with van der Waals surface area (Å²) in [5, 5.41) is 2.75. The van der Waals surface area contributed by atoms with Crippen LogP contribution in [0.1, 0.15) is 25.8 Å². The van der Waals surface area contributed by atoms with Crippen LogP contribution in [-0.4, -0.2) is 18.1 Å². The van der Waals surface area contributed by atoms with Gasteiger partial charge in [-0.2, -0.15) is 18.2 Å². The van der Waals surface area contributed by atoms with Gasteiger partial charge in [-0.15, -0.1) is 0 Å². The second-order valence-corrected chi connectivity index (χ2v) is 3.46. The van der Waals surface area contributed by atoms with E-state index in [1.165, 1.54) is 0 Å². The first-order valence-electron chi connectivity index (χ1n) is 5.43. The second kappa shape index (κ2) is 5.75. The summed E-state index contributed by atoms with van der Waals surface area (Å²) in [6.45, 7) is 4.51. The number of anilines is 1. The minimum atomic E-state index is -4.39. The number of alkyl halides is 3. The van der Waals surface area contributed by atoms with Gasteiger partial charge in [-0.25, -0.2) is 0 Å². The van der Waals surface area contributed by atoms with E-state index in [2.05, 4.69) is 10.3 Å². The second-order valence-electron chi connectivity index (χ2n) is 3.46. The summed E-state index contributed by atoms with van der Waals surface area (Å²) in [5.74, 6) is 0.172. The van der Waals surface area contributed by atoms with Crippen LogP contribution < -0.4 is 10.1 Å². The number of nitrogens with one attached hydrogen (secondary N) is 1. The third kappa shape index (κ3) is 4.13. The third-order valence-electron chi connectivity index (χ3n) is 1.94. The number of pyridine rings is 1. The Hall–Kier alpha value is -1.46. The summed E-state index contributed by atoms with van der Waals surface area (Å²) in [4.78, 5) is 3.94. The molecule has 6 heteroatoms. The molecule has 1 rings (SSSR count). The average Bonchev–Trinajstić information content (AvgIpc) is 2.25. The zero-order valence-corrected chi connectivity index (χ0v) is 9.77. The molecule has 17 heavy (non-hydrogen) atoms. The minimum Gasteiger partial charge on any atom is -0.478 e. The highest BCUT2D eigenvalue weighted by Crippen LogP contribution is 2.32. The predicted molar refractivity (Wildman–Crippen MR) is 59.2 cm³/mol. The number of rotatable bonds is 5. The first-order valence-corrected chi connectivity index (χ1v) is 5.43. The predicted octanol–water partition coefficient (Wildman–Crippen LogP) is 3.32. The van der Waals surface area contributed by atoms with E-state index in [1.54, 1.807) is 6.92 Å². The quantitative estimate of drug-likeness (QED) is 0.867. The summed E-state index contributed by atoms with van der Waals surface area (Å²) < 4.78 is 42.9. The smallest absolute Gasteiger partial charge is 0.416 e. The molecule has 0 fully saturated rings. The van der Waals surface area contributed by atoms with Crippen LogP contribution >= 0.6 is 0 Å². The lowest BCUT2D eigenvalue weighted by molar-refractivity contribution is -0.137. The molecule has 0 aliphatic rings. The van der Waals surface area contributed by atoms with Crippen LogP contribution in [0.4, 0.5) is 19.0 Å². The fourth-order valence-corrected chi connectivity index (χ4v) is 1.22. The van der Waals surface area contributed by atoms with Gasteiger partial charge in [-0.1, -0.05) is 6.92 Å². The van der Waals surface area contributed by atoms with E-state index in [0.29, 0.717) is 19.6 Å². The molecule has 0 bridgehead atoms. The zero-order valence-electron chi connectivity index (χ0n) is 9.77. The van der Waals surface area contributed by atoms with Crippen molar-refractivity contribution < 1.29 is 17.9 Å². The summed E-state index contributed by atoms with van der Waals surface area (Å²) >= 11 is 0. The maximum atomic E-state index is 12.6. The van der Waals surface area contributed by atoms with Crippen molar-refractivity contribution in [2.24, 2.45) is 0 Å². The minimum absolute atomic E-state index is 0.00220. The number of aromatic nitrogens is 1. The van der Waals surface area contributed by atoms with Crippen LogP contribution in [-0.2, 0) is 6.18 Å². The molecule has 3 nitrogen and oxygen atoms in total. The summed E-state index contributed by atoms with van der Waals surface area (Å²) in [6, 6.07) is 1.89. The van der Waals surface area contributed by atoms with Crippen LogP contribution in [0.3, 0.4) is 0 Å². The van der Waals surface area contributed by atoms with Gasteiger partial charge in [0.15, 0.2) is 0 Å². The SMILES string of the molecule is CCCOc1cc(C(F)(F)F)cc(NCC)n1. The Morgan fingerprint density at radius 3 is 2.53 bits per heavy atom.